The second kappa shape index (κ2) is 5.09. The van der Waals surface area contributed by atoms with Crippen molar-refractivity contribution in [1.82, 2.24) is 0 Å². The zero-order valence-corrected chi connectivity index (χ0v) is 10.4. The van der Waals surface area contributed by atoms with Crippen LogP contribution in [-0.2, 0) is 0 Å². The molecule has 1 aliphatic rings. The van der Waals surface area contributed by atoms with Gasteiger partial charge in [-0.2, -0.15) is 5.26 Å². The molecule has 0 atom stereocenters. The van der Waals surface area contributed by atoms with Crippen LogP contribution in [-0.4, -0.2) is 19.7 Å². The third kappa shape index (κ3) is 2.52. The fourth-order valence-corrected chi connectivity index (χ4v) is 2.08. The van der Waals surface area contributed by atoms with Crippen LogP contribution in [0.25, 0.3) is 0 Å². The molecule has 0 aliphatic carbocycles. The van der Waals surface area contributed by atoms with Crippen molar-refractivity contribution in [2.24, 2.45) is 11.8 Å². The molecule has 2 rings (SSSR count). The molecule has 0 aromatic heterocycles. The molecule has 3 heteroatoms. The van der Waals surface area contributed by atoms with Crippen molar-refractivity contribution in [3.8, 4) is 11.8 Å². The maximum Gasteiger partial charge on any atom is 0.174 e. The van der Waals surface area contributed by atoms with Gasteiger partial charge in [0.1, 0.15) is 11.8 Å². The van der Waals surface area contributed by atoms with Crippen LogP contribution in [0.4, 0.5) is 5.69 Å². The monoisotopic (exact) mass is 230 g/mol. The average Bonchev–Trinajstić information content (AvgIpc) is 2.25. The molecular weight excluding hydrogens is 212 g/mol. The minimum Gasteiger partial charge on any atom is -0.477 e. The summed E-state index contributed by atoms with van der Waals surface area (Å²) >= 11 is 0. The molecule has 0 unspecified atom stereocenters. The molecule has 1 heterocycles. The molecule has 1 aromatic rings. The summed E-state index contributed by atoms with van der Waals surface area (Å²) in [5.74, 6) is 2.33. The number of para-hydroxylation sites is 2. The summed E-state index contributed by atoms with van der Waals surface area (Å²) in [6.07, 6.45) is 0. The predicted molar refractivity (Wildman–Crippen MR) is 68.1 cm³/mol. The highest BCUT2D eigenvalue weighted by molar-refractivity contribution is 5.60. The van der Waals surface area contributed by atoms with Crippen molar-refractivity contribution in [1.29, 1.82) is 5.26 Å². The Balaban J connectivity index is 2.04. The van der Waals surface area contributed by atoms with Gasteiger partial charge >= 0.3 is 0 Å². The SMILES string of the molecule is CC(C)C1CN(c2ccccc2OCC#N)C1. The molecule has 1 aliphatic heterocycles. The third-order valence-corrected chi connectivity index (χ3v) is 3.35. The van der Waals surface area contributed by atoms with Crippen molar-refractivity contribution in [2.45, 2.75) is 13.8 Å². The van der Waals surface area contributed by atoms with E-state index in [1.807, 2.05) is 24.3 Å². The minimum atomic E-state index is 0.110. The van der Waals surface area contributed by atoms with Crippen LogP contribution in [0.1, 0.15) is 13.8 Å². The lowest BCUT2D eigenvalue weighted by atomic mass is 9.88. The van der Waals surface area contributed by atoms with Crippen molar-refractivity contribution in [3.05, 3.63) is 24.3 Å². The van der Waals surface area contributed by atoms with E-state index in [1.54, 1.807) is 0 Å². The van der Waals surface area contributed by atoms with Crippen LogP contribution in [0.2, 0.25) is 0 Å². The second-order valence-electron chi connectivity index (χ2n) is 4.82. The Hall–Kier alpha value is -1.69. The molecule has 17 heavy (non-hydrogen) atoms. The molecule has 1 fully saturated rings. The maximum atomic E-state index is 8.55. The quantitative estimate of drug-likeness (QED) is 0.798. The van der Waals surface area contributed by atoms with Gasteiger partial charge in [0.2, 0.25) is 0 Å². The number of ether oxygens (including phenoxy) is 1. The zero-order chi connectivity index (χ0) is 12.3. The van der Waals surface area contributed by atoms with E-state index in [1.165, 1.54) is 0 Å². The van der Waals surface area contributed by atoms with Gasteiger partial charge in [-0.05, 0) is 24.0 Å². The number of rotatable bonds is 4. The normalized spacial score (nSPS) is 15.5. The molecular formula is C14H18N2O. The first-order valence-corrected chi connectivity index (χ1v) is 6.06. The van der Waals surface area contributed by atoms with E-state index in [0.29, 0.717) is 0 Å². The molecule has 3 nitrogen and oxygen atoms in total. The number of anilines is 1. The van der Waals surface area contributed by atoms with E-state index in [2.05, 4.69) is 24.8 Å². The summed E-state index contributed by atoms with van der Waals surface area (Å²) in [5, 5.41) is 8.55. The van der Waals surface area contributed by atoms with Crippen molar-refractivity contribution in [2.75, 3.05) is 24.6 Å². The summed E-state index contributed by atoms with van der Waals surface area (Å²) in [5.41, 5.74) is 1.11. The van der Waals surface area contributed by atoms with Crippen LogP contribution in [0, 0.1) is 23.2 Å². The molecule has 0 amide bonds. The summed E-state index contributed by atoms with van der Waals surface area (Å²) in [4.78, 5) is 2.32. The van der Waals surface area contributed by atoms with Gasteiger partial charge in [0.25, 0.3) is 0 Å². The van der Waals surface area contributed by atoms with Crippen LogP contribution in [0.5, 0.6) is 5.75 Å². The summed E-state index contributed by atoms with van der Waals surface area (Å²) < 4.78 is 5.44. The largest absolute Gasteiger partial charge is 0.477 e. The van der Waals surface area contributed by atoms with Crippen molar-refractivity contribution < 1.29 is 4.74 Å². The van der Waals surface area contributed by atoms with Gasteiger partial charge in [0.05, 0.1) is 5.69 Å². The lowest BCUT2D eigenvalue weighted by molar-refractivity contribution is 0.303. The standard InChI is InChI=1S/C14H18N2O/c1-11(2)12-9-16(10-12)13-5-3-4-6-14(13)17-8-7-15/h3-6,11-12H,8-10H2,1-2H3. The Morgan fingerprint density at radius 2 is 2.12 bits per heavy atom. The van der Waals surface area contributed by atoms with E-state index >= 15 is 0 Å². The predicted octanol–water partition coefficient (Wildman–Crippen LogP) is 2.68. The molecule has 1 saturated heterocycles. The average molecular weight is 230 g/mol. The smallest absolute Gasteiger partial charge is 0.174 e. The number of nitrogens with zero attached hydrogens (tertiary/aromatic N) is 2. The summed E-state index contributed by atoms with van der Waals surface area (Å²) in [6, 6.07) is 9.94. The molecule has 0 bridgehead atoms. The highest BCUT2D eigenvalue weighted by Gasteiger charge is 2.30. The van der Waals surface area contributed by atoms with E-state index in [4.69, 9.17) is 10.00 Å². The summed E-state index contributed by atoms with van der Waals surface area (Å²) in [7, 11) is 0. The van der Waals surface area contributed by atoms with Crippen molar-refractivity contribution >= 4 is 5.69 Å². The summed E-state index contributed by atoms with van der Waals surface area (Å²) in [6.45, 7) is 6.81. The molecule has 1 aromatic carbocycles. The number of nitriles is 1. The molecule has 0 spiro atoms. The Morgan fingerprint density at radius 1 is 1.41 bits per heavy atom. The van der Waals surface area contributed by atoms with Crippen LogP contribution in [0.3, 0.4) is 0 Å². The first kappa shape index (κ1) is 11.8. The molecule has 0 N–H and O–H groups in total. The minimum absolute atomic E-state index is 0.110. The first-order chi connectivity index (χ1) is 8.22. The zero-order valence-electron chi connectivity index (χ0n) is 10.4. The van der Waals surface area contributed by atoms with Gasteiger partial charge in [-0.3, -0.25) is 0 Å². The molecule has 90 valence electrons. The Bertz CT molecular complexity index is 416. The number of hydrogen-bond acceptors (Lipinski definition) is 3. The van der Waals surface area contributed by atoms with Gasteiger partial charge in [-0.15, -0.1) is 0 Å². The fourth-order valence-electron chi connectivity index (χ4n) is 2.08. The van der Waals surface area contributed by atoms with E-state index in [0.717, 1.165) is 36.4 Å². The Morgan fingerprint density at radius 3 is 2.76 bits per heavy atom. The Kier molecular flexibility index (Phi) is 3.53. The fraction of sp³-hybridized carbons (Fsp3) is 0.500. The third-order valence-electron chi connectivity index (χ3n) is 3.35. The van der Waals surface area contributed by atoms with Crippen LogP contribution in [0.15, 0.2) is 24.3 Å². The van der Waals surface area contributed by atoms with Gasteiger partial charge in [0.15, 0.2) is 6.61 Å². The highest BCUT2D eigenvalue weighted by atomic mass is 16.5. The van der Waals surface area contributed by atoms with Gasteiger partial charge in [-0.25, -0.2) is 0 Å². The van der Waals surface area contributed by atoms with Gasteiger partial charge in [0, 0.05) is 13.1 Å². The lowest BCUT2D eigenvalue weighted by Gasteiger charge is -2.43. The highest BCUT2D eigenvalue weighted by Crippen LogP contribution is 2.35. The lowest BCUT2D eigenvalue weighted by Crippen LogP contribution is -2.49. The number of benzene rings is 1. The molecule has 0 radical (unpaired) electrons. The van der Waals surface area contributed by atoms with Crippen LogP contribution < -0.4 is 9.64 Å². The van der Waals surface area contributed by atoms with Crippen LogP contribution >= 0.6 is 0 Å². The maximum absolute atomic E-state index is 8.55. The van der Waals surface area contributed by atoms with E-state index < -0.39 is 0 Å². The first-order valence-electron chi connectivity index (χ1n) is 6.06. The van der Waals surface area contributed by atoms with E-state index in [9.17, 15) is 0 Å². The Labute approximate surface area is 103 Å². The second-order valence-corrected chi connectivity index (χ2v) is 4.82. The van der Waals surface area contributed by atoms with Gasteiger partial charge in [-0.1, -0.05) is 26.0 Å². The number of hydrogen-bond donors (Lipinski definition) is 0. The van der Waals surface area contributed by atoms with Gasteiger partial charge < -0.3 is 9.64 Å². The topological polar surface area (TPSA) is 36.3 Å². The molecule has 0 saturated carbocycles. The van der Waals surface area contributed by atoms with Crippen molar-refractivity contribution in [3.63, 3.8) is 0 Å². The van der Waals surface area contributed by atoms with E-state index in [-0.39, 0.29) is 6.61 Å².